The van der Waals surface area contributed by atoms with Crippen molar-refractivity contribution >= 4 is 21.6 Å². The zero-order valence-corrected chi connectivity index (χ0v) is 20.8. The van der Waals surface area contributed by atoms with Crippen molar-refractivity contribution in [2.45, 2.75) is 46.3 Å². The summed E-state index contributed by atoms with van der Waals surface area (Å²) in [6.45, 7) is 10.1. The molecule has 1 amide bonds. The minimum Gasteiger partial charge on any atom is -0.379 e. The molecular weight excluding hydrogens is 438 g/mol. The number of aryl methyl sites for hydroxylation is 2. The fraction of sp³-hybridized carbons (Fsp3) is 0.480. The van der Waals surface area contributed by atoms with Crippen LogP contribution in [-0.4, -0.2) is 57.8 Å². The van der Waals surface area contributed by atoms with Gasteiger partial charge in [-0.05, 0) is 48.6 Å². The Morgan fingerprint density at radius 2 is 1.82 bits per heavy atom. The first-order chi connectivity index (χ1) is 15.7. The van der Waals surface area contributed by atoms with Crippen LogP contribution in [0.1, 0.15) is 35.6 Å². The Morgan fingerprint density at radius 3 is 2.48 bits per heavy atom. The molecule has 0 radical (unpaired) electrons. The number of ether oxygens (including phenoxy) is 1. The number of sulfonamides is 1. The summed E-state index contributed by atoms with van der Waals surface area (Å²) >= 11 is 0. The Labute approximate surface area is 197 Å². The lowest BCUT2D eigenvalue weighted by Gasteiger charge is -2.31. The third kappa shape index (κ3) is 6.79. The van der Waals surface area contributed by atoms with Gasteiger partial charge in [0.2, 0.25) is 15.9 Å². The molecule has 180 valence electrons. The number of carbonyl (C=O) groups excluding carboxylic acids is 1. The highest BCUT2D eigenvalue weighted by Crippen LogP contribution is 2.27. The van der Waals surface area contributed by atoms with E-state index in [1.54, 1.807) is 0 Å². The van der Waals surface area contributed by atoms with Crippen molar-refractivity contribution in [3.05, 3.63) is 64.7 Å². The van der Waals surface area contributed by atoms with Gasteiger partial charge < -0.3 is 10.1 Å². The highest BCUT2D eigenvalue weighted by Gasteiger charge is 2.32. The van der Waals surface area contributed by atoms with Crippen LogP contribution in [0.15, 0.2) is 42.5 Å². The van der Waals surface area contributed by atoms with Crippen LogP contribution in [0.3, 0.4) is 0 Å². The summed E-state index contributed by atoms with van der Waals surface area (Å²) < 4.78 is 32.2. The number of amides is 1. The molecule has 1 aliphatic heterocycles. The predicted molar refractivity (Wildman–Crippen MR) is 132 cm³/mol. The molecule has 1 unspecified atom stereocenters. The molecule has 2 aromatic carbocycles. The molecule has 2 aromatic rings. The van der Waals surface area contributed by atoms with Gasteiger partial charge >= 0.3 is 0 Å². The second-order valence-corrected chi connectivity index (χ2v) is 10.6. The molecule has 0 aromatic heterocycles. The molecule has 3 rings (SSSR count). The predicted octanol–water partition coefficient (Wildman–Crippen LogP) is 3.00. The van der Waals surface area contributed by atoms with Crippen molar-refractivity contribution in [1.82, 2.24) is 10.2 Å². The first kappa shape index (κ1) is 25.2. The van der Waals surface area contributed by atoms with E-state index in [1.165, 1.54) is 9.87 Å². The number of morpholine rings is 1. The van der Waals surface area contributed by atoms with Gasteiger partial charge in [0.05, 0.1) is 25.2 Å². The lowest BCUT2D eigenvalue weighted by atomic mass is 10.1. The van der Waals surface area contributed by atoms with Crippen molar-refractivity contribution in [2.75, 3.05) is 36.9 Å². The van der Waals surface area contributed by atoms with E-state index in [2.05, 4.69) is 22.3 Å². The maximum atomic E-state index is 13.2. The van der Waals surface area contributed by atoms with Crippen molar-refractivity contribution < 1.29 is 17.9 Å². The van der Waals surface area contributed by atoms with Crippen LogP contribution >= 0.6 is 0 Å². The van der Waals surface area contributed by atoms with Crippen LogP contribution in [0.25, 0.3) is 0 Å². The third-order valence-electron chi connectivity index (χ3n) is 5.90. The van der Waals surface area contributed by atoms with Crippen LogP contribution in [0.5, 0.6) is 0 Å². The average molecular weight is 474 g/mol. The van der Waals surface area contributed by atoms with Gasteiger partial charge in [0, 0.05) is 26.2 Å². The quantitative estimate of drug-likeness (QED) is 0.606. The number of benzene rings is 2. The summed E-state index contributed by atoms with van der Waals surface area (Å²) in [6, 6.07) is 13.0. The molecule has 7 nitrogen and oxygen atoms in total. The standard InChI is InChI=1S/C25H35N3O4S/c1-5-23(28(33(4,30)31)24-15-19(2)9-10-20(24)3)25(29)26-17-21-7-6-8-22(16-21)18-27-11-13-32-14-12-27/h6-10,15-16,23H,5,11-14,17-18H2,1-4H3,(H,26,29). The average Bonchev–Trinajstić information content (AvgIpc) is 2.78. The number of hydrogen-bond donors (Lipinski definition) is 1. The summed E-state index contributed by atoms with van der Waals surface area (Å²) in [7, 11) is -3.66. The highest BCUT2D eigenvalue weighted by atomic mass is 32.2. The minimum atomic E-state index is -3.66. The second kappa shape index (κ2) is 11.1. The molecule has 1 aliphatic rings. The number of carbonyl (C=O) groups is 1. The van der Waals surface area contributed by atoms with Gasteiger partial charge in [-0.25, -0.2) is 8.42 Å². The molecule has 1 fully saturated rings. The fourth-order valence-corrected chi connectivity index (χ4v) is 5.42. The zero-order chi connectivity index (χ0) is 24.0. The highest BCUT2D eigenvalue weighted by molar-refractivity contribution is 7.92. The number of anilines is 1. The lowest BCUT2D eigenvalue weighted by molar-refractivity contribution is -0.122. The van der Waals surface area contributed by atoms with Crippen LogP contribution < -0.4 is 9.62 Å². The van der Waals surface area contributed by atoms with Crippen LogP contribution in [0.2, 0.25) is 0 Å². The second-order valence-electron chi connectivity index (χ2n) is 8.70. The monoisotopic (exact) mass is 473 g/mol. The molecule has 0 spiro atoms. The van der Waals surface area contributed by atoms with Crippen molar-refractivity contribution in [1.29, 1.82) is 0 Å². The minimum absolute atomic E-state index is 0.303. The van der Waals surface area contributed by atoms with Crippen LogP contribution in [0.4, 0.5) is 5.69 Å². The van der Waals surface area contributed by atoms with E-state index in [0.717, 1.165) is 55.8 Å². The van der Waals surface area contributed by atoms with E-state index in [9.17, 15) is 13.2 Å². The van der Waals surface area contributed by atoms with Crippen LogP contribution in [-0.2, 0) is 32.6 Å². The summed E-state index contributed by atoms with van der Waals surface area (Å²) in [4.78, 5) is 15.5. The summed E-state index contributed by atoms with van der Waals surface area (Å²) in [5, 5.41) is 2.96. The van der Waals surface area contributed by atoms with Gasteiger partial charge in [-0.1, -0.05) is 43.3 Å². The van der Waals surface area contributed by atoms with E-state index in [1.807, 2.05) is 51.1 Å². The topological polar surface area (TPSA) is 79.0 Å². The van der Waals surface area contributed by atoms with E-state index < -0.39 is 16.1 Å². The first-order valence-corrected chi connectivity index (χ1v) is 13.3. The maximum absolute atomic E-state index is 13.2. The van der Waals surface area contributed by atoms with Crippen molar-refractivity contribution in [2.24, 2.45) is 0 Å². The number of nitrogens with one attached hydrogen (secondary N) is 1. The Balaban J connectivity index is 1.73. The van der Waals surface area contributed by atoms with E-state index in [0.29, 0.717) is 18.7 Å². The molecule has 1 heterocycles. The molecule has 0 bridgehead atoms. The number of hydrogen-bond acceptors (Lipinski definition) is 5. The zero-order valence-electron chi connectivity index (χ0n) is 20.0. The van der Waals surface area contributed by atoms with Gasteiger partial charge in [0.15, 0.2) is 0 Å². The van der Waals surface area contributed by atoms with Crippen molar-refractivity contribution in [3.63, 3.8) is 0 Å². The number of nitrogens with zero attached hydrogens (tertiary/aromatic N) is 2. The molecule has 1 atom stereocenters. The Morgan fingerprint density at radius 1 is 1.12 bits per heavy atom. The summed E-state index contributed by atoms with van der Waals surface area (Å²) in [5.41, 5.74) is 4.47. The van der Waals surface area contributed by atoms with Gasteiger partial charge in [0.1, 0.15) is 6.04 Å². The van der Waals surface area contributed by atoms with Gasteiger partial charge in [-0.15, -0.1) is 0 Å². The Bertz CT molecular complexity index is 1070. The van der Waals surface area contributed by atoms with E-state index >= 15 is 0 Å². The largest absolute Gasteiger partial charge is 0.379 e. The normalized spacial score (nSPS) is 15.8. The first-order valence-electron chi connectivity index (χ1n) is 11.4. The fourth-order valence-electron chi connectivity index (χ4n) is 4.15. The van der Waals surface area contributed by atoms with E-state index in [4.69, 9.17) is 4.74 Å². The van der Waals surface area contributed by atoms with Crippen molar-refractivity contribution in [3.8, 4) is 0 Å². The molecule has 8 heteroatoms. The molecule has 0 aliphatic carbocycles. The maximum Gasteiger partial charge on any atom is 0.244 e. The van der Waals surface area contributed by atoms with Gasteiger partial charge in [0.25, 0.3) is 0 Å². The Kier molecular flexibility index (Phi) is 8.51. The molecule has 33 heavy (non-hydrogen) atoms. The SMILES string of the molecule is CCC(C(=O)NCc1cccc(CN2CCOCC2)c1)N(c1cc(C)ccc1C)S(C)(=O)=O. The summed E-state index contributed by atoms with van der Waals surface area (Å²) in [6.07, 6.45) is 1.52. The lowest BCUT2D eigenvalue weighted by Crippen LogP contribution is -2.49. The number of rotatable bonds is 9. The van der Waals surface area contributed by atoms with Crippen LogP contribution in [0, 0.1) is 13.8 Å². The summed E-state index contributed by atoms with van der Waals surface area (Å²) in [5.74, 6) is -0.303. The van der Waals surface area contributed by atoms with Gasteiger partial charge in [-0.3, -0.25) is 14.0 Å². The molecule has 1 saturated heterocycles. The third-order valence-corrected chi connectivity index (χ3v) is 7.07. The molecule has 1 N–H and O–H groups in total. The smallest absolute Gasteiger partial charge is 0.244 e. The van der Waals surface area contributed by atoms with E-state index in [-0.39, 0.29) is 5.91 Å². The molecular formula is C25H35N3O4S. The molecule has 0 saturated carbocycles. The Hall–Kier alpha value is -2.42. The van der Waals surface area contributed by atoms with Gasteiger partial charge in [-0.2, -0.15) is 0 Å².